The second-order valence-corrected chi connectivity index (χ2v) is 11.8. The summed E-state index contributed by atoms with van der Waals surface area (Å²) in [6.07, 6.45) is 4.17. The standard InChI is InChI=1S/C25H32ClN3O4S/c1-18(30)27-21-6-9-24(10-7-21)34(31,32)28(2)16-19-13-23(14-19)33-22-8-5-20(25(26)15-22)17-29-11-3-4-12-29/h5-10,15,19,23H,3-4,11-14,16-17H2,1-2H3,(H,27,30). The summed E-state index contributed by atoms with van der Waals surface area (Å²) in [6.45, 7) is 4.98. The lowest BCUT2D eigenvalue weighted by atomic mass is 9.82. The lowest BCUT2D eigenvalue weighted by molar-refractivity contribution is -0.114. The molecule has 1 N–H and O–H groups in total. The zero-order valence-electron chi connectivity index (χ0n) is 19.7. The molecule has 34 heavy (non-hydrogen) atoms. The van der Waals surface area contributed by atoms with E-state index in [1.165, 1.54) is 36.2 Å². The van der Waals surface area contributed by atoms with Crippen molar-refractivity contribution in [3.05, 3.63) is 53.1 Å². The van der Waals surface area contributed by atoms with Crippen LogP contribution < -0.4 is 10.1 Å². The number of benzene rings is 2. The van der Waals surface area contributed by atoms with E-state index in [0.29, 0.717) is 12.2 Å². The number of halogens is 1. The molecule has 2 aromatic carbocycles. The molecule has 1 heterocycles. The van der Waals surface area contributed by atoms with Gasteiger partial charge in [-0.2, -0.15) is 0 Å². The van der Waals surface area contributed by atoms with Crippen molar-refractivity contribution in [2.24, 2.45) is 5.92 Å². The molecule has 1 aliphatic heterocycles. The van der Waals surface area contributed by atoms with Crippen molar-refractivity contribution in [2.45, 2.75) is 50.2 Å². The van der Waals surface area contributed by atoms with E-state index in [1.807, 2.05) is 18.2 Å². The van der Waals surface area contributed by atoms with Gasteiger partial charge >= 0.3 is 0 Å². The van der Waals surface area contributed by atoms with E-state index in [1.54, 1.807) is 19.2 Å². The number of rotatable bonds is 9. The van der Waals surface area contributed by atoms with E-state index in [2.05, 4.69) is 10.2 Å². The van der Waals surface area contributed by atoms with Crippen molar-refractivity contribution in [3.8, 4) is 5.75 Å². The number of sulfonamides is 1. The van der Waals surface area contributed by atoms with E-state index >= 15 is 0 Å². The Labute approximate surface area is 207 Å². The molecule has 7 nitrogen and oxygen atoms in total. The number of likely N-dealkylation sites (tertiary alicyclic amines) is 1. The Morgan fingerprint density at radius 3 is 2.44 bits per heavy atom. The van der Waals surface area contributed by atoms with Crippen LogP contribution >= 0.6 is 11.6 Å². The van der Waals surface area contributed by atoms with Crippen LogP contribution in [0.5, 0.6) is 5.75 Å². The molecule has 2 aliphatic rings. The molecule has 2 aromatic rings. The van der Waals surface area contributed by atoms with Gasteiger partial charge in [0.1, 0.15) is 5.75 Å². The van der Waals surface area contributed by atoms with Gasteiger partial charge in [0, 0.05) is 37.8 Å². The Morgan fingerprint density at radius 2 is 1.82 bits per heavy atom. The first-order valence-corrected chi connectivity index (χ1v) is 13.5. The van der Waals surface area contributed by atoms with E-state index in [4.69, 9.17) is 16.3 Å². The summed E-state index contributed by atoms with van der Waals surface area (Å²) < 4.78 is 33.3. The van der Waals surface area contributed by atoms with Gasteiger partial charge in [-0.25, -0.2) is 12.7 Å². The van der Waals surface area contributed by atoms with Crippen LogP contribution in [0.2, 0.25) is 5.02 Å². The van der Waals surface area contributed by atoms with Gasteiger partial charge in [-0.15, -0.1) is 0 Å². The largest absolute Gasteiger partial charge is 0.490 e. The highest BCUT2D eigenvalue weighted by Crippen LogP contribution is 2.34. The summed E-state index contributed by atoms with van der Waals surface area (Å²) >= 11 is 6.49. The van der Waals surface area contributed by atoms with Gasteiger partial charge in [0.15, 0.2) is 0 Å². The molecular weight excluding hydrogens is 474 g/mol. The number of nitrogens with zero attached hydrogens (tertiary/aromatic N) is 2. The summed E-state index contributed by atoms with van der Waals surface area (Å²) in [6, 6.07) is 12.1. The van der Waals surface area contributed by atoms with Gasteiger partial charge in [-0.3, -0.25) is 9.69 Å². The van der Waals surface area contributed by atoms with Crippen molar-refractivity contribution in [1.82, 2.24) is 9.21 Å². The highest BCUT2D eigenvalue weighted by Gasteiger charge is 2.34. The fourth-order valence-corrected chi connectivity index (χ4v) is 6.06. The first-order valence-electron chi connectivity index (χ1n) is 11.7. The molecule has 0 bridgehead atoms. The number of anilines is 1. The average molecular weight is 506 g/mol. The Balaban J connectivity index is 1.25. The van der Waals surface area contributed by atoms with E-state index in [-0.39, 0.29) is 22.8 Å². The van der Waals surface area contributed by atoms with E-state index in [9.17, 15) is 13.2 Å². The molecule has 1 amide bonds. The second-order valence-electron chi connectivity index (χ2n) is 9.30. The minimum absolute atomic E-state index is 0.0681. The first-order chi connectivity index (χ1) is 16.2. The van der Waals surface area contributed by atoms with Gasteiger partial charge < -0.3 is 10.1 Å². The van der Waals surface area contributed by atoms with Crippen molar-refractivity contribution in [2.75, 3.05) is 32.0 Å². The molecular formula is C25H32ClN3O4S. The number of ether oxygens (including phenoxy) is 1. The lowest BCUT2D eigenvalue weighted by Crippen LogP contribution is -2.41. The van der Waals surface area contributed by atoms with Crippen molar-refractivity contribution in [1.29, 1.82) is 0 Å². The maximum absolute atomic E-state index is 12.9. The zero-order valence-corrected chi connectivity index (χ0v) is 21.2. The van der Waals surface area contributed by atoms with Gasteiger partial charge in [0.05, 0.1) is 11.0 Å². The summed E-state index contributed by atoms with van der Waals surface area (Å²) in [4.78, 5) is 13.8. The molecule has 0 unspecified atom stereocenters. The summed E-state index contributed by atoms with van der Waals surface area (Å²) in [5, 5.41) is 3.37. The molecule has 0 spiro atoms. The topological polar surface area (TPSA) is 79.0 Å². The quantitative estimate of drug-likeness (QED) is 0.547. The fraction of sp³-hybridized carbons (Fsp3) is 0.480. The maximum Gasteiger partial charge on any atom is 0.242 e. The smallest absolute Gasteiger partial charge is 0.242 e. The predicted molar refractivity (Wildman–Crippen MR) is 134 cm³/mol. The van der Waals surface area contributed by atoms with Gasteiger partial charge in [-0.05, 0) is 86.7 Å². The number of hydrogen-bond donors (Lipinski definition) is 1. The fourth-order valence-electron chi connectivity index (χ4n) is 4.58. The third-order valence-electron chi connectivity index (χ3n) is 6.51. The number of carbonyl (C=O) groups is 1. The van der Waals surface area contributed by atoms with Gasteiger partial charge in [0.25, 0.3) is 0 Å². The van der Waals surface area contributed by atoms with Crippen molar-refractivity contribution < 1.29 is 17.9 Å². The van der Waals surface area contributed by atoms with Crippen LogP contribution in [0.1, 0.15) is 38.2 Å². The first kappa shape index (κ1) is 25.0. The lowest BCUT2D eigenvalue weighted by Gasteiger charge is -2.37. The molecule has 9 heteroatoms. The maximum atomic E-state index is 12.9. The van der Waals surface area contributed by atoms with Crippen LogP contribution in [-0.2, 0) is 21.4 Å². The monoisotopic (exact) mass is 505 g/mol. The molecule has 1 saturated carbocycles. The van der Waals surface area contributed by atoms with Gasteiger partial charge in [-0.1, -0.05) is 17.7 Å². The van der Waals surface area contributed by atoms with Crippen molar-refractivity contribution >= 4 is 33.2 Å². The number of nitrogens with one attached hydrogen (secondary N) is 1. The van der Waals surface area contributed by atoms with Crippen LogP contribution in [0.15, 0.2) is 47.4 Å². The van der Waals surface area contributed by atoms with E-state index < -0.39 is 10.0 Å². The zero-order chi connectivity index (χ0) is 24.3. The Kier molecular flexibility index (Phi) is 7.82. The van der Waals surface area contributed by atoms with Crippen LogP contribution in [0.3, 0.4) is 0 Å². The normalized spacial score (nSPS) is 20.8. The Hall–Kier alpha value is -2.13. The number of hydrogen-bond acceptors (Lipinski definition) is 5. The predicted octanol–water partition coefficient (Wildman–Crippen LogP) is 4.37. The average Bonchev–Trinajstić information content (AvgIpc) is 3.27. The molecule has 2 fully saturated rings. The minimum Gasteiger partial charge on any atom is -0.490 e. The SMILES string of the molecule is CC(=O)Nc1ccc(S(=O)(=O)N(C)CC2CC(Oc3ccc(CN4CCCC4)c(Cl)c3)C2)cc1. The highest BCUT2D eigenvalue weighted by atomic mass is 35.5. The molecule has 0 radical (unpaired) electrons. The summed E-state index contributed by atoms with van der Waals surface area (Å²) in [5.41, 5.74) is 1.69. The molecule has 184 valence electrons. The molecule has 1 aliphatic carbocycles. The molecule has 1 saturated heterocycles. The Morgan fingerprint density at radius 1 is 1.15 bits per heavy atom. The molecule has 0 atom stereocenters. The molecule has 0 aromatic heterocycles. The highest BCUT2D eigenvalue weighted by molar-refractivity contribution is 7.89. The van der Waals surface area contributed by atoms with Crippen LogP contribution in [0.4, 0.5) is 5.69 Å². The summed E-state index contributed by atoms with van der Waals surface area (Å²) in [5.74, 6) is 0.807. The number of amides is 1. The van der Waals surface area contributed by atoms with Crippen LogP contribution in [0.25, 0.3) is 0 Å². The molecule has 4 rings (SSSR count). The number of carbonyl (C=O) groups excluding carboxylic acids is 1. The third kappa shape index (κ3) is 6.10. The van der Waals surface area contributed by atoms with E-state index in [0.717, 1.165) is 48.8 Å². The second kappa shape index (κ2) is 10.6. The van der Waals surface area contributed by atoms with Crippen LogP contribution in [-0.4, -0.2) is 56.3 Å². The Bertz CT molecular complexity index is 1110. The summed E-state index contributed by atoms with van der Waals surface area (Å²) in [7, 11) is -1.99. The van der Waals surface area contributed by atoms with Gasteiger partial charge in [0.2, 0.25) is 15.9 Å². The van der Waals surface area contributed by atoms with Crippen molar-refractivity contribution in [3.63, 3.8) is 0 Å². The third-order valence-corrected chi connectivity index (χ3v) is 8.70. The van der Waals surface area contributed by atoms with Crippen LogP contribution in [0, 0.1) is 5.92 Å². The minimum atomic E-state index is -3.59.